The number of carbonyl (C=O) groups excluding carboxylic acids is 2. The van der Waals surface area contributed by atoms with Gasteiger partial charge in [-0.25, -0.2) is 0 Å². The first-order valence-corrected chi connectivity index (χ1v) is 9.14. The van der Waals surface area contributed by atoms with Gasteiger partial charge in [0, 0.05) is 37.8 Å². The Morgan fingerprint density at radius 2 is 1.63 bits per heavy atom. The van der Waals surface area contributed by atoms with E-state index in [0.29, 0.717) is 30.4 Å². The van der Waals surface area contributed by atoms with Gasteiger partial charge in [0.05, 0.1) is 0 Å². The Kier molecular flexibility index (Phi) is 6.08. The Bertz CT molecular complexity index is 769. The fourth-order valence-electron chi connectivity index (χ4n) is 3.25. The lowest BCUT2D eigenvalue weighted by molar-refractivity contribution is -0.135. The summed E-state index contributed by atoms with van der Waals surface area (Å²) in [5, 5.41) is 0. The monoisotopic (exact) mass is 367 g/mol. The van der Waals surface area contributed by atoms with Crippen LogP contribution in [0.2, 0.25) is 0 Å². The van der Waals surface area contributed by atoms with E-state index in [0.717, 1.165) is 13.1 Å². The molecule has 2 amide bonds. The Labute approximate surface area is 159 Å². The molecule has 0 radical (unpaired) electrons. The maximum Gasteiger partial charge on any atom is 0.260 e. The molecule has 142 valence electrons. The van der Waals surface area contributed by atoms with Crippen LogP contribution in [0.1, 0.15) is 28.9 Å². The summed E-state index contributed by atoms with van der Waals surface area (Å²) in [4.78, 5) is 27.7. The Morgan fingerprint density at radius 1 is 1.00 bits per heavy atom. The third-order valence-electron chi connectivity index (χ3n) is 5.00. The summed E-state index contributed by atoms with van der Waals surface area (Å²) in [7, 11) is 0. The predicted octanol–water partition coefficient (Wildman–Crippen LogP) is 2.07. The number of hydrogen-bond donors (Lipinski definition) is 1. The molecule has 1 unspecified atom stereocenters. The van der Waals surface area contributed by atoms with Crippen molar-refractivity contribution in [3.05, 3.63) is 65.7 Å². The number of rotatable bonds is 6. The summed E-state index contributed by atoms with van der Waals surface area (Å²) in [6.45, 7) is 5.26. The molecule has 27 heavy (non-hydrogen) atoms. The zero-order chi connectivity index (χ0) is 19.2. The van der Waals surface area contributed by atoms with E-state index in [4.69, 9.17) is 10.5 Å². The van der Waals surface area contributed by atoms with Gasteiger partial charge in [-0.1, -0.05) is 30.3 Å². The molecule has 0 saturated carbocycles. The molecule has 1 atom stereocenters. The molecule has 2 N–H and O–H groups in total. The summed E-state index contributed by atoms with van der Waals surface area (Å²) in [5.74, 6) is 0.0332. The van der Waals surface area contributed by atoms with Gasteiger partial charge in [-0.2, -0.15) is 0 Å². The normalized spacial score (nSPS) is 16.0. The van der Waals surface area contributed by atoms with Crippen molar-refractivity contribution in [1.82, 2.24) is 9.80 Å². The van der Waals surface area contributed by atoms with E-state index in [1.54, 1.807) is 24.3 Å². The van der Waals surface area contributed by atoms with Gasteiger partial charge in [-0.3, -0.25) is 14.5 Å². The topological polar surface area (TPSA) is 75.9 Å². The molecule has 3 rings (SSSR count). The van der Waals surface area contributed by atoms with Gasteiger partial charge in [0.15, 0.2) is 6.61 Å². The molecule has 0 bridgehead atoms. The van der Waals surface area contributed by atoms with Crippen LogP contribution in [0.4, 0.5) is 0 Å². The van der Waals surface area contributed by atoms with Gasteiger partial charge in [-0.15, -0.1) is 0 Å². The zero-order valence-corrected chi connectivity index (χ0v) is 15.5. The van der Waals surface area contributed by atoms with E-state index in [-0.39, 0.29) is 12.5 Å². The van der Waals surface area contributed by atoms with Crippen molar-refractivity contribution in [3.8, 4) is 5.75 Å². The lowest BCUT2D eigenvalue weighted by Crippen LogP contribution is -2.50. The van der Waals surface area contributed by atoms with Crippen LogP contribution in [0.5, 0.6) is 5.75 Å². The fraction of sp³-hybridized carbons (Fsp3) is 0.333. The smallest absolute Gasteiger partial charge is 0.260 e. The van der Waals surface area contributed by atoms with Crippen LogP contribution in [-0.2, 0) is 4.79 Å². The van der Waals surface area contributed by atoms with Gasteiger partial charge in [0.1, 0.15) is 5.75 Å². The second kappa shape index (κ2) is 8.68. The molecule has 0 spiro atoms. The number of benzene rings is 2. The second-order valence-electron chi connectivity index (χ2n) is 6.68. The second-order valence-corrected chi connectivity index (χ2v) is 6.68. The maximum absolute atomic E-state index is 12.4. The minimum Gasteiger partial charge on any atom is -0.484 e. The molecule has 6 nitrogen and oxygen atoms in total. The third-order valence-corrected chi connectivity index (χ3v) is 5.00. The number of hydrogen-bond acceptors (Lipinski definition) is 4. The summed E-state index contributed by atoms with van der Waals surface area (Å²) in [5.41, 5.74) is 6.91. The van der Waals surface area contributed by atoms with E-state index >= 15 is 0 Å². The van der Waals surface area contributed by atoms with Crippen molar-refractivity contribution in [3.63, 3.8) is 0 Å². The number of amides is 2. The van der Waals surface area contributed by atoms with Crippen molar-refractivity contribution in [1.29, 1.82) is 0 Å². The lowest BCUT2D eigenvalue weighted by atomic mass is 10.1. The van der Waals surface area contributed by atoms with E-state index in [2.05, 4.69) is 36.1 Å². The van der Waals surface area contributed by atoms with Crippen molar-refractivity contribution in [2.24, 2.45) is 5.73 Å². The maximum atomic E-state index is 12.4. The first-order chi connectivity index (χ1) is 13.0. The highest BCUT2D eigenvalue weighted by Crippen LogP contribution is 2.21. The molecule has 2 aromatic rings. The molecule has 2 aromatic carbocycles. The molecule has 6 heteroatoms. The highest BCUT2D eigenvalue weighted by atomic mass is 16.5. The lowest BCUT2D eigenvalue weighted by Gasteiger charge is -2.38. The summed E-state index contributed by atoms with van der Waals surface area (Å²) in [6.07, 6.45) is 0. The fourth-order valence-corrected chi connectivity index (χ4v) is 3.25. The molecular formula is C21H25N3O3. The van der Waals surface area contributed by atoms with Gasteiger partial charge in [0.25, 0.3) is 5.91 Å². The number of ether oxygens (including phenoxy) is 1. The molecule has 0 aliphatic carbocycles. The van der Waals surface area contributed by atoms with Crippen LogP contribution in [0.15, 0.2) is 54.6 Å². The molecule has 1 heterocycles. The zero-order valence-electron chi connectivity index (χ0n) is 15.5. The van der Waals surface area contributed by atoms with Crippen LogP contribution < -0.4 is 10.5 Å². The van der Waals surface area contributed by atoms with Gasteiger partial charge >= 0.3 is 0 Å². The number of piperazine rings is 1. The Morgan fingerprint density at radius 3 is 2.22 bits per heavy atom. The minimum atomic E-state index is -0.486. The predicted molar refractivity (Wildman–Crippen MR) is 103 cm³/mol. The molecule has 1 fully saturated rings. The number of nitrogens with two attached hydrogens (primary N) is 1. The summed E-state index contributed by atoms with van der Waals surface area (Å²) < 4.78 is 5.54. The van der Waals surface area contributed by atoms with Crippen molar-refractivity contribution in [2.75, 3.05) is 32.8 Å². The molecule has 0 aromatic heterocycles. The Hall–Kier alpha value is -2.86. The number of carbonyl (C=O) groups is 2. The van der Waals surface area contributed by atoms with Crippen molar-refractivity contribution in [2.45, 2.75) is 13.0 Å². The van der Waals surface area contributed by atoms with Gasteiger partial charge < -0.3 is 15.4 Å². The van der Waals surface area contributed by atoms with Crippen LogP contribution in [0.25, 0.3) is 0 Å². The first kappa shape index (κ1) is 18.9. The van der Waals surface area contributed by atoms with E-state index in [9.17, 15) is 9.59 Å². The first-order valence-electron chi connectivity index (χ1n) is 9.14. The van der Waals surface area contributed by atoms with E-state index < -0.39 is 5.91 Å². The molecule has 1 saturated heterocycles. The van der Waals surface area contributed by atoms with Crippen LogP contribution in [-0.4, -0.2) is 54.4 Å². The molecule has 1 aliphatic rings. The standard InChI is InChI=1S/C21H25N3O3/c1-16(17-5-3-2-4-6-17)23-11-13-24(14-12-23)20(25)15-27-19-9-7-18(8-10-19)21(22)26/h2-10,16H,11-15H2,1H3,(H2,22,26). The summed E-state index contributed by atoms with van der Waals surface area (Å²) in [6, 6.07) is 17.2. The molecule has 1 aliphatic heterocycles. The Balaban J connectivity index is 1.46. The average molecular weight is 367 g/mol. The quantitative estimate of drug-likeness (QED) is 0.848. The van der Waals surface area contributed by atoms with Gasteiger partial charge in [-0.05, 0) is 36.8 Å². The van der Waals surface area contributed by atoms with Crippen molar-refractivity contribution < 1.29 is 14.3 Å². The van der Waals surface area contributed by atoms with Crippen molar-refractivity contribution >= 4 is 11.8 Å². The largest absolute Gasteiger partial charge is 0.484 e. The average Bonchev–Trinajstić information content (AvgIpc) is 2.72. The summed E-state index contributed by atoms with van der Waals surface area (Å²) >= 11 is 0. The highest BCUT2D eigenvalue weighted by Gasteiger charge is 2.24. The van der Waals surface area contributed by atoms with Crippen LogP contribution in [0.3, 0.4) is 0 Å². The molecular weight excluding hydrogens is 342 g/mol. The highest BCUT2D eigenvalue weighted by molar-refractivity contribution is 5.92. The third kappa shape index (κ3) is 4.86. The number of nitrogens with zero attached hydrogens (tertiary/aromatic N) is 2. The van der Waals surface area contributed by atoms with Gasteiger partial charge in [0.2, 0.25) is 5.91 Å². The van der Waals surface area contributed by atoms with Crippen LogP contribution in [0, 0.1) is 0 Å². The number of primary amides is 1. The van der Waals surface area contributed by atoms with E-state index in [1.807, 2.05) is 11.0 Å². The SMILES string of the molecule is CC(c1ccccc1)N1CCN(C(=O)COc2ccc(C(N)=O)cc2)CC1. The van der Waals surface area contributed by atoms with E-state index in [1.165, 1.54) is 5.56 Å². The minimum absolute atomic E-state index is 0.00976. The van der Waals surface area contributed by atoms with Crippen LogP contribution >= 0.6 is 0 Å².